The SMILES string of the molecule is COCCNC(=O)C(C)Nc1ncc(OC)cn1. The number of hydrogen-bond donors (Lipinski definition) is 2. The third kappa shape index (κ3) is 4.54. The van der Waals surface area contributed by atoms with Crippen LogP contribution in [0.5, 0.6) is 5.75 Å². The maximum absolute atomic E-state index is 11.6. The highest BCUT2D eigenvalue weighted by Gasteiger charge is 2.12. The van der Waals surface area contributed by atoms with Gasteiger partial charge in [0.05, 0.1) is 26.1 Å². The fourth-order valence-electron chi connectivity index (χ4n) is 1.18. The summed E-state index contributed by atoms with van der Waals surface area (Å²) in [5, 5.41) is 5.61. The lowest BCUT2D eigenvalue weighted by Gasteiger charge is -2.13. The first-order valence-electron chi connectivity index (χ1n) is 5.56. The number of ether oxygens (including phenoxy) is 2. The molecular formula is C11H18N4O3. The van der Waals surface area contributed by atoms with Crippen molar-refractivity contribution in [2.75, 3.05) is 32.7 Å². The topological polar surface area (TPSA) is 85.4 Å². The Hall–Kier alpha value is -1.89. The van der Waals surface area contributed by atoms with Crippen molar-refractivity contribution in [3.63, 3.8) is 0 Å². The summed E-state index contributed by atoms with van der Waals surface area (Å²) in [6.07, 6.45) is 3.07. The lowest BCUT2D eigenvalue weighted by Crippen LogP contribution is -2.39. The van der Waals surface area contributed by atoms with Gasteiger partial charge in [0.1, 0.15) is 6.04 Å². The molecule has 1 rings (SSSR count). The zero-order valence-corrected chi connectivity index (χ0v) is 10.8. The number of nitrogens with one attached hydrogen (secondary N) is 2. The predicted molar refractivity (Wildman–Crippen MR) is 66.6 cm³/mol. The molecule has 100 valence electrons. The van der Waals surface area contributed by atoms with E-state index in [1.54, 1.807) is 14.0 Å². The first kappa shape index (κ1) is 14.2. The standard InChI is InChI=1S/C11H18N4O3/c1-8(10(16)12-4-5-17-2)15-11-13-6-9(18-3)7-14-11/h6-8H,4-5H2,1-3H3,(H,12,16)(H,13,14,15). The number of carbonyl (C=O) groups is 1. The summed E-state index contributed by atoms with van der Waals surface area (Å²) in [5.74, 6) is 0.814. The van der Waals surface area contributed by atoms with Gasteiger partial charge in [-0.25, -0.2) is 9.97 Å². The number of nitrogens with zero attached hydrogens (tertiary/aromatic N) is 2. The molecule has 0 radical (unpaired) electrons. The molecule has 1 heterocycles. The summed E-state index contributed by atoms with van der Waals surface area (Å²) >= 11 is 0. The summed E-state index contributed by atoms with van der Waals surface area (Å²) < 4.78 is 9.78. The number of rotatable bonds is 7. The molecule has 7 heteroatoms. The molecule has 1 aromatic heterocycles. The number of carbonyl (C=O) groups excluding carboxylic acids is 1. The summed E-state index contributed by atoms with van der Waals surface area (Å²) in [4.78, 5) is 19.7. The lowest BCUT2D eigenvalue weighted by molar-refractivity contribution is -0.121. The van der Waals surface area contributed by atoms with E-state index < -0.39 is 6.04 Å². The molecule has 0 aliphatic carbocycles. The molecule has 0 saturated heterocycles. The first-order chi connectivity index (χ1) is 8.67. The second-order valence-corrected chi connectivity index (χ2v) is 3.60. The number of hydrogen-bond acceptors (Lipinski definition) is 6. The number of methoxy groups -OCH3 is 2. The quantitative estimate of drug-likeness (QED) is 0.669. The van der Waals surface area contributed by atoms with Gasteiger partial charge in [-0.05, 0) is 6.92 Å². The Morgan fingerprint density at radius 3 is 2.61 bits per heavy atom. The van der Waals surface area contributed by atoms with Crippen molar-refractivity contribution in [3.8, 4) is 5.75 Å². The van der Waals surface area contributed by atoms with Gasteiger partial charge in [0.15, 0.2) is 5.75 Å². The smallest absolute Gasteiger partial charge is 0.242 e. The minimum atomic E-state index is -0.421. The molecule has 1 amide bonds. The lowest BCUT2D eigenvalue weighted by atomic mass is 10.3. The van der Waals surface area contributed by atoms with Crippen molar-refractivity contribution in [2.24, 2.45) is 0 Å². The van der Waals surface area contributed by atoms with Crippen LogP contribution in [0.15, 0.2) is 12.4 Å². The highest BCUT2D eigenvalue weighted by molar-refractivity contribution is 5.83. The van der Waals surface area contributed by atoms with Crippen LogP contribution in [0, 0.1) is 0 Å². The monoisotopic (exact) mass is 254 g/mol. The predicted octanol–water partition coefficient (Wildman–Crippen LogP) is 0.0482. The highest BCUT2D eigenvalue weighted by atomic mass is 16.5. The molecule has 18 heavy (non-hydrogen) atoms. The van der Waals surface area contributed by atoms with Crippen LogP contribution < -0.4 is 15.4 Å². The van der Waals surface area contributed by atoms with Gasteiger partial charge in [-0.2, -0.15) is 0 Å². The molecule has 1 aromatic rings. The summed E-state index contributed by atoms with van der Waals surface area (Å²) in [5.41, 5.74) is 0. The molecule has 1 unspecified atom stereocenters. The van der Waals surface area contributed by atoms with E-state index >= 15 is 0 Å². The average molecular weight is 254 g/mol. The maximum atomic E-state index is 11.6. The maximum Gasteiger partial charge on any atom is 0.242 e. The van der Waals surface area contributed by atoms with Crippen LogP contribution in [0.2, 0.25) is 0 Å². The Bertz CT molecular complexity index is 369. The largest absolute Gasteiger partial charge is 0.494 e. The van der Waals surface area contributed by atoms with Crippen molar-refractivity contribution in [1.82, 2.24) is 15.3 Å². The van der Waals surface area contributed by atoms with Crippen LogP contribution in [0.3, 0.4) is 0 Å². The van der Waals surface area contributed by atoms with Crippen molar-refractivity contribution >= 4 is 11.9 Å². The van der Waals surface area contributed by atoms with E-state index in [-0.39, 0.29) is 5.91 Å². The zero-order valence-electron chi connectivity index (χ0n) is 10.8. The van der Waals surface area contributed by atoms with Crippen LogP contribution >= 0.6 is 0 Å². The number of anilines is 1. The average Bonchev–Trinajstić information content (AvgIpc) is 2.39. The van der Waals surface area contributed by atoms with Crippen molar-refractivity contribution in [1.29, 1.82) is 0 Å². The first-order valence-corrected chi connectivity index (χ1v) is 5.56. The molecule has 0 bridgehead atoms. The van der Waals surface area contributed by atoms with Crippen molar-refractivity contribution in [3.05, 3.63) is 12.4 Å². The molecular weight excluding hydrogens is 236 g/mol. The van der Waals surface area contributed by atoms with Gasteiger partial charge in [-0.15, -0.1) is 0 Å². The van der Waals surface area contributed by atoms with E-state index in [1.807, 2.05) is 0 Å². The van der Waals surface area contributed by atoms with Gasteiger partial charge >= 0.3 is 0 Å². The Balaban J connectivity index is 2.42. The summed E-state index contributed by atoms with van der Waals surface area (Å²) in [6.45, 7) is 2.69. The van der Waals surface area contributed by atoms with Crippen molar-refractivity contribution < 1.29 is 14.3 Å². The van der Waals surface area contributed by atoms with Crippen LogP contribution in [-0.4, -0.2) is 49.3 Å². The molecule has 1 atom stereocenters. The molecule has 0 aliphatic heterocycles. The van der Waals surface area contributed by atoms with E-state index in [9.17, 15) is 4.79 Å². The van der Waals surface area contributed by atoms with Gasteiger partial charge in [-0.1, -0.05) is 0 Å². The van der Waals surface area contributed by atoms with Crippen LogP contribution in [0.1, 0.15) is 6.92 Å². The number of aromatic nitrogens is 2. The molecule has 0 fully saturated rings. The third-order valence-corrected chi connectivity index (χ3v) is 2.21. The fraction of sp³-hybridized carbons (Fsp3) is 0.545. The molecule has 0 aliphatic rings. The summed E-state index contributed by atoms with van der Waals surface area (Å²) in [7, 11) is 3.12. The van der Waals surface area contributed by atoms with E-state index in [0.29, 0.717) is 24.8 Å². The third-order valence-electron chi connectivity index (χ3n) is 2.21. The van der Waals surface area contributed by atoms with Crippen LogP contribution in [-0.2, 0) is 9.53 Å². The van der Waals surface area contributed by atoms with Crippen molar-refractivity contribution in [2.45, 2.75) is 13.0 Å². The minimum absolute atomic E-state index is 0.133. The highest BCUT2D eigenvalue weighted by Crippen LogP contribution is 2.07. The Labute approximate surface area is 106 Å². The second kappa shape index (κ2) is 7.44. The second-order valence-electron chi connectivity index (χ2n) is 3.60. The normalized spacial score (nSPS) is 11.7. The number of amides is 1. The zero-order chi connectivity index (χ0) is 13.4. The van der Waals surface area contributed by atoms with Gasteiger partial charge in [0, 0.05) is 13.7 Å². The molecule has 0 saturated carbocycles. The van der Waals surface area contributed by atoms with E-state index in [1.165, 1.54) is 19.5 Å². The fourth-order valence-corrected chi connectivity index (χ4v) is 1.18. The molecule has 0 spiro atoms. The van der Waals surface area contributed by atoms with Gasteiger partial charge in [0.2, 0.25) is 11.9 Å². The Morgan fingerprint density at radius 1 is 1.39 bits per heavy atom. The molecule has 2 N–H and O–H groups in total. The molecule has 0 aromatic carbocycles. The summed E-state index contributed by atoms with van der Waals surface area (Å²) in [6, 6.07) is -0.421. The van der Waals surface area contributed by atoms with E-state index in [4.69, 9.17) is 9.47 Å². The van der Waals surface area contributed by atoms with E-state index in [2.05, 4.69) is 20.6 Å². The van der Waals surface area contributed by atoms with E-state index in [0.717, 1.165) is 0 Å². The minimum Gasteiger partial charge on any atom is -0.494 e. The Kier molecular flexibility index (Phi) is 5.86. The van der Waals surface area contributed by atoms with Gasteiger partial charge < -0.3 is 20.1 Å². The Morgan fingerprint density at radius 2 is 2.06 bits per heavy atom. The van der Waals surface area contributed by atoms with Crippen LogP contribution in [0.25, 0.3) is 0 Å². The van der Waals surface area contributed by atoms with Crippen LogP contribution in [0.4, 0.5) is 5.95 Å². The van der Waals surface area contributed by atoms with Gasteiger partial charge in [0.25, 0.3) is 0 Å². The molecule has 7 nitrogen and oxygen atoms in total. The van der Waals surface area contributed by atoms with Gasteiger partial charge in [-0.3, -0.25) is 4.79 Å².